The van der Waals surface area contributed by atoms with Gasteiger partial charge in [-0.2, -0.15) is 0 Å². The zero-order valence-electron chi connectivity index (χ0n) is 15.0. The Labute approximate surface area is 156 Å². The summed E-state index contributed by atoms with van der Waals surface area (Å²) in [7, 11) is 0. The molecular weight excluding hydrogens is 375 g/mol. The number of aromatic nitrogens is 2. The summed E-state index contributed by atoms with van der Waals surface area (Å²) < 4.78 is 10.8. The van der Waals surface area contributed by atoms with Crippen molar-refractivity contribution in [2.24, 2.45) is 0 Å². The summed E-state index contributed by atoms with van der Waals surface area (Å²) in [5.41, 5.74) is 2.49. The average molecular weight is 399 g/mol. The van der Waals surface area contributed by atoms with Gasteiger partial charge in [-0.15, -0.1) is 0 Å². The van der Waals surface area contributed by atoms with Crippen LogP contribution < -0.4 is 9.05 Å². The molecule has 130 valence electrons. The van der Waals surface area contributed by atoms with E-state index >= 15 is 0 Å². The van der Waals surface area contributed by atoms with Crippen molar-refractivity contribution in [3.8, 4) is 0 Å². The van der Waals surface area contributed by atoms with E-state index in [2.05, 4.69) is 67.8 Å². The number of hydrogen-bond donors (Lipinski definition) is 0. The van der Waals surface area contributed by atoms with Crippen LogP contribution in [0.5, 0.6) is 0 Å². The Kier molecular flexibility index (Phi) is 6.09. The van der Waals surface area contributed by atoms with Crippen LogP contribution in [-0.4, -0.2) is 24.5 Å². The molecule has 0 saturated heterocycles. The molecule has 4 heteroatoms. The Bertz CT molecular complexity index is 798. The van der Waals surface area contributed by atoms with Crippen molar-refractivity contribution in [3.05, 3.63) is 77.7 Å². The third-order valence-electron chi connectivity index (χ3n) is 4.00. The van der Waals surface area contributed by atoms with Gasteiger partial charge in [0.25, 0.3) is 0 Å². The summed E-state index contributed by atoms with van der Waals surface area (Å²) in [5, 5.41) is 0. The molecule has 3 rings (SSSR count). The van der Waals surface area contributed by atoms with E-state index in [1.807, 2.05) is 18.2 Å². The first-order chi connectivity index (χ1) is 12.1. The van der Waals surface area contributed by atoms with Crippen molar-refractivity contribution in [2.75, 3.05) is 0 Å². The number of ether oxygens (including phenoxy) is 1. The molecule has 2 aromatic carbocycles. The molecule has 3 nitrogen and oxygen atoms in total. The molecule has 0 aliphatic carbocycles. The molecule has 0 saturated carbocycles. The second-order valence-corrected chi connectivity index (χ2v) is 8.54. The molecule has 25 heavy (non-hydrogen) atoms. The minimum atomic E-state index is 0.219. The fourth-order valence-electron chi connectivity index (χ4n) is 2.78. The number of rotatable bonds is 7. The van der Waals surface area contributed by atoms with Gasteiger partial charge < -0.3 is 0 Å². The van der Waals surface area contributed by atoms with Crippen molar-refractivity contribution >= 4 is 24.0 Å². The van der Waals surface area contributed by atoms with Crippen LogP contribution in [-0.2, 0) is 18.1 Å². The Morgan fingerprint density at radius 2 is 1.64 bits per heavy atom. The van der Waals surface area contributed by atoms with Gasteiger partial charge in [-0.3, -0.25) is 0 Å². The molecule has 1 heterocycles. The molecule has 3 aromatic rings. The SMILES string of the molecule is Cc1nc([Se]c2ccccc2)c(C(C)C)n1COCc1ccccc1. The molecule has 0 radical (unpaired) electrons. The Morgan fingerprint density at radius 1 is 1.00 bits per heavy atom. The molecular formula is C21H24N2OSe. The van der Waals surface area contributed by atoms with Gasteiger partial charge in [0.1, 0.15) is 0 Å². The molecule has 1 aromatic heterocycles. The summed E-state index contributed by atoms with van der Waals surface area (Å²) in [6, 6.07) is 20.9. The molecule has 0 N–H and O–H groups in total. The Balaban J connectivity index is 1.76. The van der Waals surface area contributed by atoms with Gasteiger partial charge in [-0.25, -0.2) is 0 Å². The van der Waals surface area contributed by atoms with Gasteiger partial charge in [-0.1, -0.05) is 0 Å². The van der Waals surface area contributed by atoms with Crippen LogP contribution in [0.15, 0.2) is 60.7 Å². The van der Waals surface area contributed by atoms with Gasteiger partial charge in [-0.05, 0) is 0 Å². The summed E-state index contributed by atoms with van der Waals surface area (Å²) >= 11 is 0.219. The van der Waals surface area contributed by atoms with Crippen molar-refractivity contribution in [1.29, 1.82) is 0 Å². The zero-order valence-corrected chi connectivity index (χ0v) is 16.7. The summed E-state index contributed by atoms with van der Waals surface area (Å²) in [5.74, 6) is 1.45. The fraction of sp³-hybridized carbons (Fsp3) is 0.286. The Morgan fingerprint density at radius 3 is 2.28 bits per heavy atom. The number of imidazole rings is 1. The van der Waals surface area contributed by atoms with E-state index < -0.39 is 0 Å². The van der Waals surface area contributed by atoms with Crippen molar-refractivity contribution in [1.82, 2.24) is 9.55 Å². The molecule has 0 amide bonds. The first kappa shape index (κ1) is 17.9. The predicted octanol–water partition coefficient (Wildman–Crippen LogP) is 3.14. The number of nitrogens with zero attached hydrogens (tertiary/aromatic N) is 2. The van der Waals surface area contributed by atoms with Crippen LogP contribution in [0.3, 0.4) is 0 Å². The zero-order chi connectivity index (χ0) is 17.6. The number of aryl methyl sites for hydroxylation is 1. The van der Waals surface area contributed by atoms with Crippen LogP contribution in [0.25, 0.3) is 0 Å². The normalized spacial score (nSPS) is 11.2. The molecule has 0 bridgehead atoms. The molecule has 0 unspecified atom stereocenters. The van der Waals surface area contributed by atoms with Gasteiger partial charge in [0.2, 0.25) is 0 Å². The van der Waals surface area contributed by atoms with Crippen LogP contribution in [0.1, 0.15) is 36.8 Å². The van der Waals surface area contributed by atoms with E-state index in [1.165, 1.54) is 20.3 Å². The topological polar surface area (TPSA) is 27.1 Å². The van der Waals surface area contributed by atoms with Crippen LogP contribution in [0.4, 0.5) is 0 Å². The quantitative estimate of drug-likeness (QED) is 0.571. The van der Waals surface area contributed by atoms with Gasteiger partial charge in [0.15, 0.2) is 0 Å². The summed E-state index contributed by atoms with van der Waals surface area (Å²) in [6.07, 6.45) is 0. The maximum absolute atomic E-state index is 5.97. The first-order valence-electron chi connectivity index (χ1n) is 8.56. The van der Waals surface area contributed by atoms with E-state index in [0.717, 1.165) is 5.82 Å². The predicted molar refractivity (Wildman–Crippen MR) is 104 cm³/mol. The van der Waals surface area contributed by atoms with E-state index in [1.54, 1.807) is 0 Å². The fourth-order valence-corrected chi connectivity index (χ4v) is 5.18. The van der Waals surface area contributed by atoms with Gasteiger partial charge in [0.05, 0.1) is 0 Å². The molecule has 0 atom stereocenters. The average Bonchev–Trinajstić information content (AvgIpc) is 2.92. The molecule has 0 aliphatic rings. The van der Waals surface area contributed by atoms with Gasteiger partial charge >= 0.3 is 156 Å². The van der Waals surface area contributed by atoms with Gasteiger partial charge in [0, 0.05) is 0 Å². The van der Waals surface area contributed by atoms with Crippen LogP contribution >= 0.6 is 0 Å². The monoisotopic (exact) mass is 400 g/mol. The number of benzene rings is 2. The number of hydrogen-bond acceptors (Lipinski definition) is 2. The molecule has 0 aliphatic heterocycles. The van der Waals surface area contributed by atoms with Crippen LogP contribution in [0, 0.1) is 6.92 Å². The van der Waals surface area contributed by atoms with Crippen molar-refractivity contribution in [2.45, 2.75) is 40.0 Å². The summed E-state index contributed by atoms with van der Waals surface area (Å²) in [4.78, 5) is 4.86. The Hall–Kier alpha value is -1.87. The van der Waals surface area contributed by atoms with Crippen molar-refractivity contribution in [3.63, 3.8) is 0 Å². The molecule has 0 spiro atoms. The minimum absolute atomic E-state index is 0.219. The molecule has 0 fully saturated rings. The second-order valence-electron chi connectivity index (χ2n) is 6.31. The van der Waals surface area contributed by atoms with E-state index in [-0.39, 0.29) is 15.0 Å². The van der Waals surface area contributed by atoms with Crippen LogP contribution in [0.2, 0.25) is 0 Å². The van der Waals surface area contributed by atoms with Crippen molar-refractivity contribution < 1.29 is 4.74 Å². The van der Waals surface area contributed by atoms with E-state index in [9.17, 15) is 0 Å². The third kappa shape index (κ3) is 4.60. The maximum atomic E-state index is 5.97. The van der Waals surface area contributed by atoms with E-state index in [4.69, 9.17) is 9.72 Å². The first-order valence-corrected chi connectivity index (χ1v) is 10.3. The third-order valence-corrected chi connectivity index (χ3v) is 6.10. The standard InChI is InChI=1S/C21H24N2OSe/c1-16(2)20-21(25-19-12-8-5-9-13-19)22-17(3)23(20)15-24-14-18-10-6-4-7-11-18/h4-13,16H,14-15H2,1-3H3. The van der Waals surface area contributed by atoms with E-state index in [0.29, 0.717) is 19.3 Å². The second kappa shape index (κ2) is 8.48. The summed E-state index contributed by atoms with van der Waals surface area (Å²) in [6.45, 7) is 7.70.